The molecule has 2 aromatic carbocycles. The van der Waals surface area contributed by atoms with Gasteiger partial charge in [-0.15, -0.1) is 0 Å². The molecule has 5 nitrogen and oxygen atoms in total. The van der Waals surface area contributed by atoms with Crippen molar-refractivity contribution in [3.05, 3.63) is 72.1 Å². The molecule has 2 heterocycles. The highest BCUT2D eigenvalue weighted by Crippen LogP contribution is 2.26. The largest absolute Gasteiger partial charge is 0.371 e. The maximum atomic E-state index is 12.4. The lowest BCUT2D eigenvalue weighted by molar-refractivity contribution is -0.115. The second-order valence-electron chi connectivity index (χ2n) is 7.05. The summed E-state index contributed by atoms with van der Waals surface area (Å²) in [6.07, 6.45) is 6.47. The van der Waals surface area contributed by atoms with Crippen LogP contribution in [-0.2, 0) is 11.2 Å². The van der Waals surface area contributed by atoms with Gasteiger partial charge in [0.1, 0.15) is 0 Å². The van der Waals surface area contributed by atoms with Gasteiger partial charge in [-0.05, 0) is 61.2 Å². The summed E-state index contributed by atoms with van der Waals surface area (Å²) in [5, 5.41) is 7.35. The van der Waals surface area contributed by atoms with Crippen LogP contribution in [0.5, 0.6) is 0 Å². The number of nitrogens with one attached hydrogen (secondary N) is 1. The minimum Gasteiger partial charge on any atom is -0.371 e. The molecule has 0 unspecified atom stereocenters. The van der Waals surface area contributed by atoms with Gasteiger partial charge >= 0.3 is 0 Å². The minimum atomic E-state index is -0.0315. The first-order valence-corrected chi connectivity index (χ1v) is 9.43. The lowest BCUT2D eigenvalue weighted by Gasteiger charge is -2.20. The minimum absolute atomic E-state index is 0.0315. The molecule has 0 bridgehead atoms. The Morgan fingerprint density at radius 2 is 1.89 bits per heavy atom. The summed E-state index contributed by atoms with van der Waals surface area (Å²) in [6, 6.07) is 16.0. The summed E-state index contributed by atoms with van der Waals surface area (Å²) in [7, 11) is 0. The molecule has 27 heavy (non-hydrogen) atoms. The van der Waals surface area contributed by atoms with E-state index in [0.29, 0.717) is 6.42 Å². The van der Waals surface area contributed by atoms with Gasteiger partial charge < -0.3 is 10.2 Å². The van der Waals surface area contributed by atoms with Crippen LogP contribution in [0, 0.1) is 6.92 Å². The number of para-hydroxylation sites is 1. The molecule has 1 N–H and O–H groups in total. The number of carbonyl (C=O) groups excluding carboxylic acids is 1. The van der Waals surface area contributed by atoms with Crippen LogP contribution < -0.4 is 10.2 Å². The van der Waals surface area contributed by atoms with Crippen molar-refractivity contribution in [2.24, 2.45) is 0 Å². The zero-order chi connectivity index (χ0) is 18.6. The van der Waals surface area contributed by atoms with Gasteiger partial charge in [-0.3, -0.25) is 4.79 Å². The van der Waals surface area contributed by atoms with E-state index in [1.165, 1.54) is 24.1 Å². The Labute approximate surface area is 159 Å². The molecule has 0 saturated carbocycles. The first-order valence-electron chi connectivity index (χ1n) is 9.43. The number of hydrogen-bond acceptors (Lipinski definition) is 3. The third-order valence-electron chi connectivity index (χ3n) is 4.95. The molecule has 1 saturated heterocycles. The molecule has 1 amide bonds. The third kappa shape index (κ3) is 4.03. The van der Waals surface area contributed by atoms with E-state index >= 15 is 0 Å². The molecular weight excluding hydrogens is 336 g/mol. The summed E-state index contributed by atoms with van der Waals surface area (Å²) >= 11 is 0. The first kappa shape index (κ1) is 17.3. The number of benzene rings is 2. The SMILES string of the molecule is Cc1cc(NC(=O)Cc2cnn(-c3ccccc3)c2)ccc1N1CCCC1. The molecule has 1 aliphatic heterocycles. The predicted molar refractivity (Wildman–Crippen MR) is 109 cm³/mol. The Bertz CT molecular complexity index is 926. The fourth-order valence-electron chi connectivity index (χ4n) is 3.61. The van der Waals surface area contributed by atoms with Crippen LogP contribution in [0.1, 0.15) is 24.0 Å². The van der Waals surface area contributed by atoms with Crippen LogP contribution in [0.15, 0.2) is 60.9 Å². The zero-order valence-electron chi connectivity index (χ0n) is 15.6. The van der Waals surface area contributed by atoms with E-state index in [2.05, 4.69) is 34.4 Å². The number of amides is 1. The predicted octanol–water partition coefficient (Wildman–Crippen LogP) is 3.96. The number of carbonyl (C=O) groups is 1. The molecule has 0 atom stereocenters. The Balaban J connectivity index is 1.39. The van der Waals surface area contributed by atoms with Gasteiger partial charge in [-0.25, -0.2) is 4.68 Å². The molecule has 4 rings (SSSR count). The van der Waals surface area contributed by atoms with Gasteiger partial charge in [0.15, 0.2) is 0 Å². The van der Waals surface area contributed by atoms with E-state index in [4.69, 9.17) is 0 Å². The van der Waals surface area contributed by atoms with Crippen LogP contribution in [-0.4, -0.2) is 28.8 Å². The zero-order valence-corrected chi connectivity index (χ0v) is 15.6. The standard InChI is InChI=1S/C22H24N4O/c1-17-13-19(9-10-21(17)25-11-5-6-12-25)24-22(27)14-18-15-23-26(16-18)20-7-3-2-4-8-20/h2-4,7-10,13,15-16H,5-6,11-12,14H2,1H3,(H,24,27). The number of hydrogen-bond donors (Lipinski definition) is 1. The van der Waals surface area contributed by atoms with Gasteiger partial charge in [0.2, 0.25) is 5.91 Å². The lowest BCUT2D eigenvalue weighted by Crippen LogP contribution is -2.19. The highest BCUT2D eigenvalue weighted by atomic mass is 16.1. The highest BCUT2D eigenvalue weighted by Gasteiger charge is 2.15. The van der Waals surface area contributed by atoms with Crippen LogP contribution >= 0.6 is 0 Å². The summed E-state index contributed by atoms with van der Waals surface area (Å²) in [5.41, 5.74) is 5.19. The fourth-order valence-corrected chi connectivity index (χ4v) is 3.61. The summed E-state index contributed by atoms with van der Waals surface area (Å²) in [4.78, 5) is 14.8. The number of aryl methyl sites for hydroxylation is 1. The van der Waals surface area contributed by atoms with Gasteiger partial charge in [0, 0.05) is 30.7 Å². The Hall–Kier alpha value is -3.08. The normalized spacial score (nSPS) is 13.7. The number of anilines is 2. The third-order valence-corrected chi connectivity index (χ3v) is 4.95. The maximum Gasteiger partial charge on any atom is 0.228 e. The van der Waals surface area contributed by atoms with E-state index in [1.807, 2.05) is 42.6 Å². The van der Waals surface area contributed by atoms with Crippen molar-refractivity contribution in [2.45, 2.75) is 26.2 Å². The second kappa shape index (κ2) is 7.66. The van der Waals surface area contributed by atoms with Crippen molar-refractivity contribution >= 4 is 17.3 Å². The van der Waals surface area contributed by atoms with Crippen molar-refractivity contribution in [1.29, 1.82) is 0 Å². The second-order valence-corrected chi connectivity index (χ2v) is 7.05. The van der Waals surface area contributed by atoms with Crippen molar-refractivity contribution < 1.29 is 4.79 Å². The van der Waals surface area contributed by atoms with Gasteiger partial charge in [0.05, 0.1) is 18.3 Å². The van der Waals surface area contributed by atoms with E-state index in [9.17, 15) is 4.79 Å². The van der Waals surface area contributed by atoms with Crippen LogP contribution in [0.25, 0.3) is 5.69 Å². The van der Waals surface area contributed by atoms with E-state index in [-0.39, 0.29) is 5.91 Å². The van der Waals surface area contributed by atoms with Gasteiger partial charge in [0.25, 0.3) is 0 Å². The topological polar surface area (TPSA) is 50.2 Å². The van der Waals surface area contributed by atoms with Gasteiger partial charge in [-0.1, -0.05) is 18.2 Å². The molecular formula is C22H24N4O. The maximum absolute atomic E-state index is 12.4. The van der Waals surface area contributed by atoms with Crippen LogP contribution in [0.3, 0.4) is 0 Å². The number of rotatable bonds is 5. The Morgan fingerprint density at radius 1 is 1.11 bits per heavy atom. The summed E-state index contributed by atoms with van der Waals surface area (Å²) in [6.45, 7) is 4.35. The summed E-state index contributed by atoms with van der Waals surface area (Å²) < 4.78 is 1.79. The molecule has 1 aliphatic rings. The molecule has 0 spiro atoms. The van der Waals surface area contributed by atoms with E-state index in [0.717, 1.165) is 30.0 Å². The average molecular weight is 360 g/mol. The molecule has 5 heteroatoms. The number of aromatic nitrogens is 2. The molecule has 0 radical (unpaired) electrons. The molecule has 3 aromatic rings. The highest BCUT2D eigenvalue weighted by molar-refractivity contribution is 5.92. The van der Waals surface area contributed by atoms with Gasteiger partial charge in [-0.2, -0.15) is 5.10 Å². The summed E-state index contributed by atoms with van der Waals surface area (Å²) in [5.74, 6) is -0.0315. The van der Waals surface area contributed by atoms with E-state index in [1.54, 1.807) is 10.9 Å². The lowest BCUT2D eigenvalue weighted by atomic mass is 10.1. The van der Waals surface area contributed by atoms with Crippen LogP contribution in [0.2, 0.25) is 0 Å². The first-order chi connectivity index (χ1) is 13.2. The van der Waals surface area contributed by atoms with Crippen molar-refractivity contribution in [3.8, 4) is 5.69 Å². The van der Waals surface area contributed by atoms with Crippen LogP contribution in [0.4, 0.5) is 11.4 Å². The monoisotopic (exact) mass is 360 g/mol. The smallest absolute Gasteiger partial charge is 0.228 e. The van der Waals surface area contributed by atoms with Crippen molar-refractivity contribution in [2.75, 3.05) is 23.3 Å². The quantitative estimate of drug-likeness (QED) is 0.749. The Kier molecular flexibility index (Phi) is 4.92. The van der Waals surface area contributed by atoms with Crippen molar-refractivity contribution in [1.82, 2.24) is 9.78 Å². The molecule has 138 valence electrons. The van der Waals surface area contributed by atoms with E-state index < -0.39 is 0 Å². The average Bonchev–Trinajstić information content (AvgIpc) is 3.35. The fraction of sp³-hybridized carbons (Fsp3) is 0.273. The Morgan fingerprint density at radius 3 is 2.63 bits per heavy atom. The number of nitrogens with zero attached hydrogens (tertiary/aromatic N) is 3. The van der Waals surface area contributed by atoms with Crippen molar-refractivity contribution in [3.63, 3.8) is 0 Å². The molecule has 1 aromatic heterocycles. The molecule has 1 fully saturated rings. The molecule has 0 aliphatic carbocycles.